The fourth-order valence-corrected chi connectivity index (χ4v) is 4.13. The van der Waals surface area contributed by atoms with Gasteiger partial charge in [0.15, 0.2) is 5.65 Å². The molecule has 0 N–H and O–H groups in total. The van der Waals surface area contributed by atoms with Gasteiger partial charge in [0.2, 0.25) is 0 Å². The Balaban J connectivity index is 1.53. The molecule has 0 unspecified atom stereocenters. The van der Waals surface area contributed by atoms with E-state index in [9.17, 15) is 23.3 Å². The van der Waals surface area contributed by atoms with Gasteiger partial charge in [-0.15, -0.1) is 0 Å². The van der Waals surface area contributed by atoms with Crippen LogP contribution in [-0.2, 0) is 12.8 Å². The van der Waals surface area contributed by atoms with Crippen molar-refractivity contribution in [1.82, 2.24) is 14.8 Å². The minimum absolute atomic E-state index is 0.000811. The number of pyridine rings is 1. The van der Waals surface area contributed by atoms with E-state index in [0.29, 0.717) is 23.6 Å². The first-order chi connectivity index (χ1) is 18.1. The number of hydrogen-bond donors (Lipinski definition) is 0. The summed E-state index contributed by atoms with van der Waals surface area (Å²) in [5, 5.41) is 15.2. The largest absolute Gasteiger partial charge is 0.489 e. The SMILES string of the molecule is Cc1ccc(COc2ccc(-c3cc(C(F)(F)F)c4c(C)nn(-c5ccc([N+](=O)[O-])cc5)c4n3)cc2)cc1. The van der Waals surface area contributed by atoms with Crippen LogP contribution in [0, 0.1) is 24.0 Å². The van der Waals surface area contributed by atoms with Gasteiger partial charge in [-0.25, -0.2) is 9.67 Å². The molecule has 7 nitrogen and oxygen atoms in total. The highest BCUT2D eigenvalue weighted by molar-refractivity contribution is 5.87. The van der Waals surface area contributed by atoms with Crippen LogP contribution in [0.5, 0.6) is 5.75 Å². The minimum Gasteiger partial charge on any atom is -0.489 e. The fraction of sp³-hybridized carbons (Fsp3) is 0.143. The van der Waals surface area contributed by atoms with Crippen LogP contribution in [0.25, 0.3) is 28.0 Å². The number of rotatable bonds is 6. The summed E-state index contributed by atoms with van der Waals surface area (Å²) in [7, 11) is 0. The quantitative estimate of drug-likeness (QED) is 0.175. The van der Waals surface area contributed by atoms with Gasteiger partial charge in [-0.05, 0) is 61.9 Å². The average Bonchev–Trinajstić information content (AvgIpc) is 3.24. The van der Waals surface area contributed by atoms with E-state index in [2.05, 4.69) is 10.1 Å². The normalized spacial score (nSPS) is 11.6. The van der Waals surface area contributed by atoms with Crippen LogP contribution >= 0.6 is 0 Å². The van der Waals surface area contributed by atoms with Crippen LogP contribution in [-0.4, -0.2) is 19.7 Å². The summed E-state index contributed by atoms with van der Waals surface area (Å²) in [5.74, 6) is 0.568. The predicted octanol–water partition coefficient (Wildman–Crippen LogP) is 7.21. The first-order valence-electron chi connectivity index (χ1n) is 11.6. The molecule has 10 heteroatoms. The maximum Gasteiger partial charge on any atom is 0.417 e. The van der Waals surface area contributed by atoms with Gasteiger partial charge in [-0.2, -0.15) is 18.3 Å². The van der Waals surface area contributed by atoms with Gasteiger partial charge in [0.1, 0.15) is 12.4 Å². The standard InChI is InChI=1S/C28H21F3N4O3/c1-17-3-5-19(6-4-17)16-38-23-13-7-20(8-14-23)25-15-24(28(29,30)31)26-18(2)33-34(27(26)32-25)21-9-11-22(12-10-21)35(36)37/h3-15H,16H2,1-2H3. The van der Waals surface area contributed by atoms with Crippen molar-refractivity contribution in [2.75, 3.05) is 0 Å². The van der Waals surface area contributed by atoms with Gasteiger partial charge in [0.25, 0.3) is 5.69 Å². The van der Waals surface area contributed by atoms with Crippen molar-refractivity contribution in [3.05, 3.63) is 111 Å². The van der Waals surface area contributed by atoms with E-state index in [0.717, 1.165) is 17.2 Å². The van der Waals surface area contributed by atoms with Crippen LogP contribution in [0.1, 0.15) is 22.4 Å². The number of non-ortho nitro benzene ring substituents is 1. The van der Waals surface area contributed by atoms with Crippen molar-refractivity contribution in [2.24, 2.45) is 0 Å². The molecule has 0 bridgehead atoms. The van der Waals surface area contributed by atoms with Crippen molar-refractivity contribution in [1.29, 1.82) is 0 Å². The Bertz CT molecular complexity index is 1630. The highest BCUT2D eigenvalue weighted by Gasteiger charge is 2.36. The molecule has 0 aliphatic heterocycles. The Morgan fingerprint density at radius 3 is 2.21 bits per heavy atom. The molecule has 0 aliphatic carbocycles. The number of nitro groups is 1. The molecular weight excluding hydrogens is 497 g/mol. The second-order valence-corrected chi connectivity index (χ2v) is 8.82. The molecule has 0 aliphatic rings. The summed E-state index contributed by atoms with van der Waals surface area (Å²) in [6, 6.07) is 21.0. The summed E-state index contributed by atoms with van der Waals surface area (Å²) in [5.41, 5.74) is 2.21. The molecule has 0 saturated carbocycles. The zero-order valence-corrected chi connectivity index (χ0v) is 20.4. The smallest absolute Gasteiger partial charge is 0.417 e. The summed E-state index contributed by atoms with van der Waals surface area (Å²) in [6.45, 7) is 3.83. The number of fused-ring (bicyclic) bond motifs is 1. The monoisotopic (exact) mass is 518 g/mol. The average molecular weight is 518 g/mol. The lowest BCUT2D eigenvalue weighted by Gasteiger charge is -2.12. The van der Waals surface area contributed by atoms with E-state index < -0.39 is 16.7 Å². The lowest BCUT2D eigenvalue weighted by atomic mass is 10.0. The molecule has 2 heterocycles. The van der Waals surface area contributed by atoms with Crippen LogP contribution in [0.3, 0.4) is 0 Å². The van der Waals surface area contributed by atoms with E-state index >= 15 is 0 Å². The summed E-state index contributed by atoms with van der Waals surface area (Å²) in [6.07, 6.45) is -4.65. The number of aryl methyl sites for hydroxylation is 2. The number of benzene rings is 3. The topological polar surface area (TPSA) is 83.1 Å². The highest BCUT2D eigenvalue weighted by atomic mass is 19.4. The minimum atomic E-state index is -4.65. The molecule has 2 aromatic heterocycles. The number of halogens is 3. The molecule has 38 heavy (non-hydrogen) atoms. The Morgan fingerprint density at radius 2 is 1.61 bits per heavy atom. The predicted molar refractivity (Wildman–Crippen MR) is 136 cm³/mol. The van der Waals surface area contributed by atoms with Gasteiger partial charge in [0, 0.05) is 17.7 Å². The van der Waals surface area contributed by atoms with Crippen molar-refractivity contribution < 1.29 is 22.8 Å². The third-order valence-electron chi connectivity index (χ3n) is 6.10. The van der Waals surface area contributed by atoms with Gasteiger partial charge < -0.3 is 4.74 Å². The second kappa shape index (κ2) is 9.62. The van der Waals surface area contributed by atoms with Crippen molar-refractivity contribution in [3.8, 4) is 22.7 Å². The number of alkyl halides is 3. The molecule has 5 aromatic rings. The Morgan fingerprint density at radius 1 is 0.947 bits per heavy atom. The molecule has 5 rings (SSSR count). The van der Waals surface area contributed by atoms with Gasteiger partial charge in [-0.1, -0.05) is 29.8 Å². The van der Waals surface area contributed by atoms with Crippen molar-refractivity contribution >= 4 is 16.7 Å². The van der Waals surface area contributed by atoms with E-state index in [-0.39, 0.29) is 28.1 Å². The first kappa shape index (κ1) is 24.9. The molecule has 192 valence electrons. The molecular formula is C28H21F3N4O3. The molecule has 0 radical (unpaired) electrons. The van der Waals surface area contributed by atoms with Crippen LogP contribution in [0.2, 0.25) is 0 Å². The van der Waals surface area contributed by atoms with Crippen LogP contribution in [0.4, 0.5) is 18.9 Å². The van der Waals surface area contributed by atoms with Crippen LogP contribution in [0.15, 0.2) is 78.9 Å². The highest BCUT2D eigenvalue weighted by Crippen LogP contribution is 2.39. The number of hydrogen-bond acceptors (Lipinski definition) is 5. The molecule has 0 saturated heterocycles. The molecule has 0 spiro atoms. The van der Waals surface area contributed by atoms with Gasteiger partial charge >= 0.3 is 6.18 Å². The Labute approximate surface area is 215 Å². The maximum absolute atomic E-state index is 14.1. The summed E-state index contributed by atoms with van der Waals surface area (Å²) >= 11 is 0. The third kappa shape index (κ3) is 4.93. The Hall–Kier alpha value is -4.73. The zero-order valence-electron chi connectivity index (χ0n) is 20.4. The molecule has 0 amide bonds. The molecule has 3 aromatic carbocycles. The molecule has 0 fully saturated rings. The number of aromatic nitrogens is 3. The number of nitro benzene ring substituents is 1. The number of nitrogens with zero attached hydrogens (tertiary/aromatic N) is 4. The summed E-state index contributed by atoms with van der Waals surface area (Å²) < 4.78 is 49.5. The second-order valence-electron chi connectivity index (χ2n) is 8.82. The van der Waals surface area contributed by atoms with Crippen molar-refractivity contribution in [2.45, 2.75) is 26.6 Å². The van der Waals surface area contributed by atoms with E-state index in [4.69, 9.17) is 4.74 Å². The molecule has 0 atom stereocenters. The third-order valence-corrected chi connectivity index (χ3v) is 6.10. The van der Waals surface area contributed by atoms with Crippen molar-refractivity contribution in [3.63, 3.8) is 0 Å². The zero-order chi connectivity index (χ0) is 27.0. The van der Waals surface area contributed by atoms with Crippen LogP contribution < -0.4 is 4.74 Å². The first-order valence-corrected chi connectivity index (χ1v) is 11.6. The maximum atomic E-state index is 14.1. The summed E-state index contributed by atoms with van der Waals surface area (Å²) in [4.78, 5) is 15.0. The lowest BCUT2D eigenvalue weighted by Crippen LogP contribution is -2.08. The van der Waals surface area contributed by atoms with E-state index in [1.807, 2.05) is 31.2 Å². The lowest BCUT2D eigenvalue weighted by molar-refractivity contribution is -0.384. The van der Waals surface area contributed by atoms with E-state index in [1.165, 1.54) is 35.9 Å². The van der Waals surface area contributed by atoms with Gasteiger partial charge in [-0.3, -0.25) is 10.1 Å². The number of ether oxygens (including phenoxy) is 1. The van der Waals surface area contributed by atoms with E-state index in [1.54, 1.807) is 24.3 Å². The van der Waals surface area contributed by atoms with Gasteiger partial charge in [0.05, 0.1) is 32.9 Å². The Kier molecular flexibility index (Phi) is 6.31. The fourth-order valence-electron chi connectivity index (χ4n) is 4.13.